The highest BCUT2D eigenvalue weighted by atomic mass is 19.1. The van der Waals surface area contributed by atoms with Crippen molar-refractivity contribution in [1.29, 1.82) is 5.26 Å². The van der Waals surface area contributed by atoms with E-state index in [1.165, 1.54) is 12.1 Å². The predicted octanol–water partition coefficient (Wildman–Crippen LogP) is 1.68. The Kier molecular flexibility index (Phi) is 4.49. The minimum Gasteiger partial charge on any atom is -0.395 e. The van der Waals surface area contributed by atoms with Crippen molar-refractivity contribution in [3.8, 4) is 6.07 Å². The van der Waals surface area contributed by atoms with Gasteiger partial charge in [-0.3, -0.25) is 0 Å². The molecule has 84 valence electrons. The second-order valence-electron chi connectivity index (χ2n) is 3.27. The summed E-state index contributed by atoms with van der Waals surface area (Å²) in [6.45, 7) is 4.43. The Bertz CT molecular complexity index is 412. The molecular formula is C12H13FN2O. The summed E-state index contributed by atoms with van der Waals surface area (Å²) >= 11 is 0. The van der Waals surface area contributed by atoms with Crippen LogP contribution in [-0.2, 0) is 0 Å². The largest absolute Gasteiger partial charge is 0.395 e. The molecule has 1 aromatic carbocycles. The zero-order chi connectivity index (χ0) is 12.0. The summed E-state index contributed by atoms with van der Waals surface area (Å²) in [5, 5.41) is 17.6. The third-order valence-corrected chi connectivity index (χ3v) is 2.10. The molecule has 0 saturated carbocycles. The molecule has 0 radical (unpaired) electrons. The van der Waals surface area contributed by atoms with Gasteiger partial charge in [-0.15, -0.1) is 6.58 Å². The van der Waals surface area contributed by atoms with E-state index in [9.17, 15) is 4.39 Å². The monoisotopic (exact) mass is 220 g/mol. The molecule has 16 heavy (non-hydrogen) atoms. The molecule has 0 amide bonds. The number of benzene rings is 1. The van der Waals surface area contributed by atoms with E-state index in [4.69, 9.17) is 10.4 Å². The molecule has 0 fully saturated rings. The van der Waals surface area contributed by atoms with Crippen molar-refractivity contribution in [2.45, 2.75) is 0 Å². The molecule has 1 aromatic rings. The van der Waals surface area contributed by atoms with Crippen LogP contribution in [0.1, 0.15) is 5.56 Å². The highest BCUT2D eigenvalue weighted by Gasteiger charge is 2.07. The molecule has 4 heteroatoms. The van der Waals surface area contributed by atoms with Crippen LogP contribution in [0.4, 0.5) is 10.1 Å². The standard InChI is InChI=1S/C12H13FN2O/c1-2-3-15(4-5-16)12-7-10(9-14)6-11(13)8-12/h2,6-8,16H,1,3-5H2. The lowest BCUT2D eigenvalue weighted by molar-refractivity contribution is 0.303. The van der Waals surface area contributed by atoms with E-state index in [2.05, 4.69) is 6.58 Å². The SMILES string of the molecule is C=CCN(CCO)c1cc(F)cc(C#N)c1. The fraction of sp³-hybridized carbons (Fsp3) is 0.250. The van der Waals surface area contributed by atoms with Crippen LogP contribution in [0.5, 0.6) is 0 Å². The maximum absolute atomic E-state index is 13.2. The van der Waals surface area contributed by atoms with Crippen LogP contribution in [0.25, 0.3) is 0 Å². The van der Waals surface area contributed by atoms with Gasteiger partial charge in [0.25, 0.3) is 0 Å². The summed E-state index contributed by atoms with van der Waals surface area (Å²) in [5.74, 6) is -0.457. The van der Waals surface area contributed by atoms with Gasteiger partial charge in [0, 0.05) is 18.8 Å². The lowest BCUT2D eigenvalue weighted by Crippen LogP contribution is -2.26. The summed E-state index contributed by atoms with van der Waals surface area (Å²) in [6.07, 6.45) is 1.66. The van der Waals surface area contributed by atoms with E-state index in [1.807, 2.05) is 6.07 Å². The molecule has 0 saturated heterocycles. The molecule has 1 N–H and O–H groups in total. The minimum absolute atomic E-state index is 0.0355. The molecule has 0 unspecified atom stereocenters. The quantitative estimate of drug-likeness (QED) is 0.768. The summed E-state index contributed by atoms with van der Waals surface area (Å²) in [7, 11) is 0. The van der Waals surface area contributed by atoms with Crippen LogP contribution < -0.4 is 4.90 Å². The summed E-state index contributed by atoms with van der Waals surface area (Å²) in [6, 6.07) is 5.99. The van der Waals surface area contributed by atoms with E-state index in [1.54, 1.807) is 17.0 Å². The van der Waals surface area contributed by atoms with Crippen LogP contribution in [0.2, 0.25) is 0 Å². The molecule has 0 heterocycles. The number of nitrogens with zero attached hydrogens (tertiary/aromatic N) is 2. The number of anilines is 1. The van der Waals surface area contributed by atoms with Gasteiger partial charge in [0.2, 0.25) is 0 Å². The first-order valence-electron chi connectivity index (χ1n) is 4.88. The van der Waals surface area contributed by atoms with Gasteiger partial charge in [0.05, 0.1) is 18.2 Å². The zero-order valence-corrected chi connectivity index (χ0v) is 8.86. The Hall–Kier alpha value is -1.86. The summed E-state index contributed by atoms with van der Waals surface area (Å²) in [5.41, 5.74) is 0.840. The van der Waals surface area contributed by atoms with Gasteiger partial charge in [0.1, 0.15) is 5.82 Å². The van der Waals surface area contributed by atoms with Gasteiger partial charge in [-0.25, -0.2) is 4.39 Å². The van der Waals surface area contributed by atoms with Crippen LogP contribution in [0.3, 0.4) is 0 Å². The fourth-order valence-electron chi connectivity index (χ4n) is 1.42. The normalized spacial score (nSPS) is 9.56. The van der Waals surface area contributed by atoms with Gasteiger partial charge in [-0.2, -0.15) is 5.26 Å². The van der Waals surface area contributed by atoms with Crippen molar-refractivity contribution >= 4 is 5.69 Å². The predicted molar refractivity (Wildman–Crippen MR) is 60.6 cm³/mol. The van der Waals surface area contributed by atoms with E-state index in [0.717, 1.165) is 0 Å². The number of rotatable bonds is 5. The van der Waals surface area contributed by atoms with Crippen molar-refractivity contribution in [3.05, 3.63) is 42.2 Å². The molecule has 1 rings (SSSR count). The molecule has 0 bridgehead atoms. The van der Waals surface area contributed by atoms with Gasteiger partial charge < -0.3 is 10.0 Å². The molecule has 0 aliphatic rings. The number of halogens is 1. The molecule has 0 aliphatic heterocycles. The first-order chi connectivity index (χ1) is 7.71. The van der Waals surface area contributed by atoms with Gasteiger partial charge in [-0.05, 0) is 18.2 Å². The summed E-state index contributed by atoms with van der Waals surface area (Å²) < 4.78 is 13.2. The Morgan fingerprint density at radius 2 is 2.25 bits per heavy atom. The molecular weight excluding hydrogens is 207 g/mol. The Morgan fingerprint density at radius 3 is 2.81 bits per heavy atom. The maximum atomic E-state index is 13.2. The molecule has 3 nitrogen and oxygen atoms in total. The maximum Gasteiger partial charge on any atom is 0.126 e. The van der Waals surface area contributed by atoms with Crippen LogP contribution >= 0.6 is 0 Å². The number of hydrogen-bond donors (Lipinski definition) is 1. The van der Waals surface area contributed by atoms with Gasteiger partial charge in [-0.1, -0.05) is 6.08 Å². The first-order valence-corrected chi connectivity index (χ1v) is 4.88. The van der Waals surface area contributed by atoms with Crippen molar-refractivity contribution in [1.82, 2.24) is 0 Å². The molecule has 0 aliphatic carbocycles. The molecule has 0 aromatic heterocycles. The highest BCUT2D eigenvalue weighted by molar-refractivity contribution is 5.52. The average molecular weight is 220 g/mol. The Labute approximate surface area is 94.0 Å². The van der Waals surface area contributed by atoms with Crippen molar-refractivity contribution < 1.29 is 9.50 Å². The number of aliphatic hydroxyl groups excluding tert-OH is 1. The topological polar surface area (TPSA) is 47.3 Å². The van der Waals surface area contributed by atoms with Crippen molar-refractivity contribution in [2.24, 2.45) is 0 Å². The van der Waals surface area contributed by atoms with E-state index < -0.39 is 5.82 Å². The third kappa shape index (κ3) is 3.07. The smallest absolute Gasteiger partial charge is 0.126 e. The highest BCUT2D eigenvalue weighted by Crippen LogP contribution is 2.18. The number of nitriles is 1. The molecule has 0 atom stereocenters. The van der Waals surface area contributed by atoms with Gasteiger partial charge in [0.15, 0.2) is 0 Å². The van der Waals surface area contributed by atoms with Crippen LogP contribution in [0, 0.1) is 17.1 Å². The van der Waals surface area contributed by atoms with Crippen molar-refractivity contribution in [2.75, 3.05) is 24.6 Å². The molecule has 0 spiro atoms. The van der Waals surface area contributed by atoms with Crippen LogP contribution in [0.15, 0.2) is 30.9 Å². The summed E-state index contributed by atoms with van der Waals surface area (Å²) in [4.78, 5) is 1.75. The van der Waals surface area contributed by atoms with E-state index in [-0.39, 0.29) is 12.2 Å². The second kappa shape index (κ2) is 5.89. The van der Waals surface area contributed by atoms with Gasteiger partial charge >= 0.3 is 0 Å². The average Bonchev–Trinajstić information content (AvgIpc) is 2.28. The number of aliphatic hydroxyl groups is 1. The number of hydrogen-bond acceptors (Lipinski definition) is 3. The second-order valence-corrected chi connectivity index (χ2v) is 3.27. The Morgan fingerprint density at radius 1 is 1.50 bits per heavy atom. The first kappa shape index (κ1) is 12.2. The lowest BCUT2D eigenvalue weighted by Gasteiger charge is -2.22. The van der Waals surface area contributed by atoms with E-state index >= 15 is 0 Å². The lowest BCUT2D eigenvalue weighted by atomic mass is 10.2. The van der Waals surface area contributed by atoms with Crippen molar-refractivity contribution in [3.63, 3.8) is 0 Å². The third-order valence-electron chi connectivity index (χ3n) is 2.10. The van der Waals surface area contributed by atoms with Crippen LogP contribution in [-0.4, -0.2) is 24.8 Å². The zero-order valence-electron chi connectivity index (χ0n) is 8.86. The van der Waals surface area contributed by atoms with E-state index in [0.29, 0.717) is 18.8 Å². The Balaban J connectivity index is 3.03. The fourth-order valence-corrected chi connectivity index (χ4v) is 1.42. The minimum atomic E-state index is -0.457.